The van der Waals surface area contributed by atoms with E-state index < -0.39 is 17.7 Å². The van der Waals surface area contributed by atoms with Crippen molar-refractivity contribution in [2.24, 2.45) is 0 Å². The van der Waals surface area contributed by atoms with Crippen LogP contribution in [0.4, 0.5) is 8.78 Å². The zero-order valence-electron chi connectivity index (χ0n) is 9.63. The number of aliphatic hydroxyl groups is 1. The molecule has 0 radical (unpaired) electrons. The molecule has 0 bridgehead atoms. The molecule has 1 N–H and O–H groups in total. The molecule has 0 spiro atoms. The van der Waals surface area contributed by atoms with E-state index in [0.717, 1.165) is 37.0 Å². The Morgan fingerprint density at radius 3 is 2.65 bits per heavy atom. The quantitative estimate of drug-likeness (QED) is 0.800. The Kier molecular flexibility index (Phi) is 3.89. The van der Waals surface area contributed by atoms with Crippen molar-refractivity contribution in [3.8, 4) is 0 Å². The van der Waals surface area contributed by atoms with Crippen LogP contribution in [0, 0.1) is 11.6 Å². The standard InChI is InChI=1S/C14H16F2O/c15-12-7-6-10(8-13(12)16)9-14(17)11-4-2-1-3-5-11/h4,6-8,14,17H,1-3,5,9H2. The second-order valence-electron chi connectivity index (χ2n) is 4.49. The minimum absolute atomic E-state index is 0.350. The summed E-state index contributed by atoms with van der Waals surface area (Å²) in [6.07, 6.45) is 6.02. The van der Waals surface area contributed by atoms with E-state index in [2.05, 4.69) is 6.08 Å². The van der Waals surface area contributed by atoms with Gasteiger partial charge in [0.15, 0.2) is 11.6 Å². The molecule has 0 aliphatic heterocycles. The first-order valence-electron chi connectivity index (χ1n) is 5.98. The zero-order chi connectivity index (χ0) is 12.3. The molecule has 1 unspecified atom stereocenters. The molecule has 1 aliphatic carbocycles. The number of halogens is 2. The van der Waals surface area contributed by atoms with E-state index in [-0.39, 0.29) is 0 Å². The summed E-state index contributed by atoms with van der Waals surface area (Å²) in [5.74, 6) is -1.70. The maximum Gasteiger partial charge on any atom is 0.159 e. The van der Waals surface area contributed by atoms with Crippen LogP contribution in [-0.2, 0) is 6.42 Å². The van der Waals surface area contributed by atoms with Crippen LogP contribution in [0.15, 0.2) is 29.8 Å². The van der Waals surface area contributed by atoms with Crippen molar-refractivity contribution in [2.45, 2.75) is 38.2 Å². The highest BCUT2D eigenvalue weighted by Crippen LogP contribution is 2.22. The van der Waals surface area contributed by atoms with E-state index >= 15 is 0 Å². The number of hydrogen-bond acceptors (Lipinski definition) is 1. The molecular formula is C14H16F2O. The molecule has 1 aromatic rings. The van der Waals surface area contributed by atoms with Gasteiger partial charge in [0.1, 0.15) is 0 Å². The minimum Gasteiger partial charge on any atom is -0.388 e. The fraction of sp³-hybridized carbons (Fsp3) is 0.429. The molecule has 1 aliphatic rings. The Hall–Kier alpha value is -1.22. The van der Waals surface area contributed by atoms with Crippen molar-refractivity contribution in [1.29, 1.82) is 0 Å². The van der Waals surface area contributed by atoms with E-state index in [9.17, 15) is 13.9 Å². The molecule has 3 heteroatoms. The minimum atomic E-state index is -0.854. The van der Waals surface area contributed by atoms with Gasteiger partial charge in [-0.15, -0.1) is 0 Å². The van der Waals surface area contributed by atoms with Gasteiger partial charge in [-0.05, 0) is 49.0 Å². The predicted molar refractivity (Wildman–Crippen MR) is 62.6 cm³/mol. The number of allylic oxidation sites excluding steroid dienone is 1. The zero-order valence-corrected chi connectivity index (χ0v) is 9.63. The molecule has 0 amide bonds. The van der Waals surface area contributed by atoms with Crippen LogP contribution >= 0.6 is 0 Å². The first-order valence-corrected chi connectivity index (χ1v) is 5.98. The summed E-state index contributed by atoms with van der Waals surface area (Å²) in [5, 5.41) is 10.0. The third-order valence-electron chi connectivity index (χ3n) is 3.17. The largest absolute Gasteiger partial charge is 0.388 e. The van der Waals surface area contributed by atoms with Crippen molar-refractivity contribution in [2.75, 3.05) is 0 Å². The Morgan fingerprint density at radius 2 is 2.00 bits per heavy atom. The summed E-state index contributed by atoms with van der Waals surface area (Å²) in [7, 11) is 0. The molecule has 0 aromatic heterocycles. The van der Waals surface area contributed by atoms with Gasteiger partial charge in [0.25, 0.3) is 0 Å². The highest BCUT2D eigenvalue weighted by molar-refractivity contribution is 5.22. The Morgan fingerprint density at radius 1 is 1.18 bits per heavy atom. The Bertz CT molecular complexity index is 426. The molecular weight excluding hydrogens is 222 g/mol. The number of aliphatic hydroxyl groups excluding tert-OH is 1. The first-order chi connectivity index (χ1) is 8.16. The van der Waals surface area contributed by atoms with Gasteiger partial charge in [0.2, 0.25) is 0 Å². The lowest BCUT2D eigenvalue weighted by Gasteiger charge is -2.18. The van der Waals surface area contributed by atoms with E-state index in [4.69, 9.17) is 0 Å². The third kappa shape index (κ3) is 3.13. The third-order valence-corrected chi connectivity index (χ3v) is 3.17. The normalized spacial score (nSPS) is 17.7. The number of hydrogen-bond donors (Lipinski definition) is 1. The predicted octanol–water partition coefficient (Wildman–Crippen LogP) is 3.37. The maximum absolute atomic E-state index is 13.0. The van der Waals surface area contributed by atoms with E-state index in [1.54, 1.807) is 0 Å². The van der Waals surface area contributed by atoms with Gasteiger partial charge in [-0.3, -0.25) is 0 Å². The second-order valence-corrected chi connectivity index (χ2v) is 4.49. The van der Waals surface area contributed by atoms with E-state index in [0.29, 0.717) is 12.0 Å². The molecule has 2 rings (SSSR count). The first kappa shape index (κ1) is 12.2. The van der Waals surface area contributed by atoms with Gasteiger partial charge in [-0.1, -0.05) is 12.1 Å². The molecule has 92 valence electrons. The van der Waals surface area contributed by atoms with Crippen molar-refractivity contribution in [3.63, 3.8) is 0 Å². The molecule has 1 atom stereocenters. The molecule has 1 nitrogen and oxygen atoms in total. The summed E-state index contributed by atoms with van der Waals surface area (Å²) >= 11 is 0. The molecule has 0 saturated carbocycles. The van der Waals surface area contributed by atoms with Crippen LogP contribution in [0.3, 0.4) is 0 Å². The van der Waals surface area contributed by atoms with Gasteiger partial charge in [-0.2, -0.15) is 0 Å². The van der Waals surface area contributed by atoms with Crippen molar-refractivity contribution in [3.05, 3.63) is 47.0 Å². The Labute approximate surface area is 99.8 Å². The monoisotopic (exact) mass is 238 g/mol. The summed E-state index contributed by atoms with van der Waals surface area (Å²) in [6.45, 7) is 0. The van der Waals surface area contributed by atoms with Gasteiger partial charge in [-0.25, -0.2) is 8.78 Å². The van der Waals surface area contributed by atoms with Crippen LogP contribution < -0.4 is 0 Å². The smallest absolute Gasteiger partial charge is 0.159 e. The van der Waals surface area contributed by atoms with Crippen molar-refractivity contribution >= 4 is 0 Å². The summed E-state index contributed by atoms with van der Waals surface area (Å²) in [4.78, 5) is 0. The van der Waals surface area contributed by atoms with E-state index in [1.807, 2.05) is 0 Å². The average molecular weight is 238 g/mol. The van der Waals surface area contributed by atoms with Gasteiger partial charge < -0.3 is 5.11 Å². The van der Waals surface area contributed by atoms with Crippen molar-refractivity contribution in [1.82, 2.24) is 0 Å². The molecule has 0 saturated heterocycles. The van der Waals surface area contributed by atoms with Gasteiger partial charge >= 0.3 is 0 Å². The fourth-order valence-electron chi connectivity index (χ4n) is 2.19. The van der Waals surface area contributed by atoms with Crippen LogP contribution in [0.25, 0.3) is 0 Å². The molecule has 0 heterocycles. The van der Waals surface area contributed by atoms with Gasteiger partial charge in [0, 0.05) is 6.42 Å². The van der Waals surface area contributed by atoms with Crippen LogP contribution in [0.2, 0.25) is 0 Å². The second kappa shape index (κ2) is 5.41. The highest BCUT2D eigenvalue weighted by Gasteiger charge is 2.14. The Balaban J connectivity index is 2.04. The van der Waals surface area contributed by atoms with Crippen LogP contribution in [0.1, 0.15) is 31.2 Å². The van der Waals surface area contributed by atoms with Crippen LogP contribution in [-0.4, -0.2) is 11.2 Å². The average Bonchev–Trinajstić information content (AvgIpc) is 2.35. The lowest BCUT2D eigenvalue weighted by atomic mass is 9.92. The van der Waals surface area contributed by atoms with Crippen LogP contribution in [0.5, 0.6) is 0 Å². The summed E-state index contributed by atoms with van der Waals surface area (Å²) in [6, 6.07) is 3.78. The number of rotatable bonds is 3. The number of benzene rings is 1. The molecule has 0 fully saturated rings. The summed E-state index contributed by atoms with van der Waals surface area (Å²) in [5.41, 5.74) is 1.66. The lowest BCUT2D eigenvalue weighted by molar-refractivity contribution is 0.204. The maximum atomic E-state index is 13.0. The SMILES string of the molecule is OC(Cc1ccc(F)c(F)c1)C1=CCCCC1. The van der Waals surface area contributed by atoms with Crippen molar-refractivity contribution < 1.29 is 13.9 Å². The molecule has 1 aromatic carbocycles. The topological polar surface area (TPSA) is 20.2 Å². The highest BCUT2D eigenvalue weighted by atomic mass is 19.2. The molecule has 17 heavy (non-hydrogen) atoms. The van der Waals surface area contributed by atoms with Gasteiger partial charge in [0.05, 0.1) is 6.10 Å². The summed E-state index contributed by atoms with van der Waals surface area (Å²) < 4.78 is 25.7. The lowest BCUT2D eigenvalue weighted by Crippen LogP contribution is -2.15. The fourth-order valence-corrected chi connectivity index (χ4v) is 2.19. The van der Waals surface area contributed by atoms with E-state index in [1.165, 1.54) is 12.5 Å².